The minimum atomic E-state index is -4.74. The van der Waals surface area contributed by atoms with Gasteiger partial charge in [-0.15, -0.1) is 12.4 Å². The lowest BCUT2D eigenvalue weighted by atomic mass is 9.83. The van der Waals surface area contributed by atoms with Crippen molar-refractivity contribution in [3.8, 4) is 0 Å². The number of alkyl halides is 3. The Labute approximate surface area is 212 Å². The van der Waals surface area contributed by atoms with Crippen molar-refractivity contribution in [1.29, 1.82) is 0 Å². The second-order valence-corrected chi connectivity index (χ2v) is 9.43. The molecule has 1 N–H and O–H groups in total. The fourth-order valence-electron chi connectivity index (χ4n) is 5.16. The van der Waals surface area contributed by atoms with Gasteiger partial charge in [0.05, 0.1) is 27.2 Å². The molecule has 1 amide bonds. The van der Waals surface area contributed by atoms with Crippen LogP contribution in [0.4, 0.5) is 17.6 Å². The molecule has 10 heteroatoms. The molecule has 3 nitrogen and oxygen atoms in total. The van der Waals surface area contributed by atoms with Gasteiger partial charge in [-0.1, -0.05) is 54.2 Å². The number of piperidine rings is 2. The van der Waals surface area contributed by atoms with Gasteiger partial charge in [0.15, 0.2) is 0 Å². The number of fused-ring (bicyclic) bond motifs is 1. The number of amides is 1. The monoisotopic (exact) mass is 538 g/mol. The topological polar surface area (TPSA) is 32.3 Å². The maximum Gasteiger partial charge on any atom is 0.417 e. The molecule has 2 saturated heterocycles. The Hall–Kier alpha value is -1.54. The Morgan fingerprint density at radius 3 is 2.44 bits per heavy atom. The van der Waals surface area contributed by atoms with E-state index in [1.165, 1.54) is 6.07 Å². The van der Waals surface area contributed by atoms with E-state index in [9.17, 15) is 22.4 Å². The summed E-state index contributed by atoms with van der Waals surface area (Å²) in [6, 6.07) is 7.30. The number of hydrogen-bond acceptors (Lipinski definition) is 2. The highest BCUT2D eigenvalue weighted by Crippen LogP contribution is 2.40. The van der Waals surface area contributed by atoms with E-state index >= 15 is 0 Å². The van der Waals surface area contributed by atoms with Crippen molar-refractivity contribution in [2.24, 2.45) is 0 Å². The molecular formula is C24H25Cl3F4N2O. The Balaban J connectivity index is 0.00000324. The molecule has 2 aliphatic heterocycles. The van der Waals surface area contributed by atoms with Gasteiger partial charge in [-0.3, -0.25) is 9.69 Å². The minimum absolute atomic E-state index is 0. The van der Waals surface area contributed by atoms with E-state index in [2.05, 4.69) is 10.2 Å². The van der Waals surface area contributed by atoms with Crippen LogP contribution < -0.4 is 5.32 Å². The summed E-state index contributed by atoms with van der Waals surface area (Å²) in [7, 11) is 0. The van der Waals surface area contributed by atoms with Crippen molar-refractivity contribution in [3.63, 3.8) is 0 Å². The summed E-state index contributed by atoms with van der Waals surface area (Å²) in [5, 5.41) is 1.84. The van der Waals surface area contributed by atoms with Crippen LogP contribution in [0.15, 0.2) is 36.4 Å². The summed E-state index contributed by atoms with van der Waals surface area (Å²) in [5.41, 5.74) is -1.31. The van der Waals surface area contributed by atoms with Gasteiger partial charge in [0.2, 0.25) is 0 Å². The second-order valence-electron chi connectivity index (χ2n) is 8.64. The van der Waals surface area contributed by atoms with Crippen LogP contribution in [-0.4, -0.2) is 29.4 Å². The van der Waals surface area contributed by atoms with E-state index in [0.29, 0.717) is 11.6 Å². The molecule has 0 aliphatic carbocycles. The molecule has 3 unspecified atom stereocenters. The van der Waals surface area contributed by atoms with E-state index in [-0.39, 0.29) is 23.5 Å². The highest BCUT2D eigenvalue weighted by atomic mass is 35.5. The minimum Gasteiger partial charge on any atom is -0.343 e. The van der Waals surface area contributed by atoms with Crippen LogP contribution in [0.25, 0.3) is 0 Å². The largest absolute Gasteiger partial charge is 0.417 e. The summed E-state index contributed by atoms with van der Waals surface area (Å²) in [4.78, 5) is 15.6. The van der Waals surface area contributed by atoms with Crippen LogP contribution in [-0.2, 0) is 6.18 Å². The number of nitrogens with one attached hydrogen (secondary N) is 1. The molecule has 0 saturated carbocycles. The molecule has 0 aromatic heterocycles. The molecule has 0 bridgehead atoms. The lowest BCUT2D eigenvalue weighted by Gasteiger charge is -2.48. The third kappa shape index (κ3) is 5.48. The number of carbonyl (C=O) groups excluding carboxylic acids is 1. The van der Waals surface area contributed by atoms with Gasteiger partial charge >= 0.3 is 6.18 Å². The Kier molecular flexibility index (Phi) is 8.77. The Morgan fingerprint density at radius 2 is 1.74 bits per heavy atom. The molecule has 2 fully saturated rings. The van der Waals surface area contributed by atoms with Crippen molar-refractivity contribution in [3.05, 3.63) is 69.0 Å². The summed E-state index contributed by atoms with van der Waals surface area (Å²) < 4.78 is 55.0. The molecule has 2 heterocycles. The number of halogens is 7. The molecular weight excluding hydrogens is 515 g/mol. The molecule has 0 radical (unpaired) electrons. The SMILES string of the molecule is Cl.O=C(NC(c1ccccc1F)C1CCCC2CCCCN21)c1c(Cl)ccc(C(F)(F)F)c1Cl. The predicted molar refractivity (Wildman–Crippen MR) is 127 cm³/mol. The average molecular weight is 540 g/mol. The lowest BCUT2D eigenvalue weighted by Crippen LogP contribution is -2.54. The van der Waals surface area contributed by atoms with Gasteiger partial charge in [0, 0.05) is 17.6 Å². The van der Waals surface area contributed by atoms with Gasteiger partial charge in [-0.25, -0.2) is 4.39 Å². The molecule has 0 spiro atoms. The molecule has 3 atom stereocenters. The number of nitrogens with zero attached hydrogens (tertiary/aromatic N) is 1. The summed E-state index contributed by atoms with van der Waals surface area (Å²) in [6.45, 7) is 0.835. The molecule has 4 rings (SSSR count). The van der Waals surface area contributed by atoms with E-state index in [1.54, 1.807) is 18.2 Å². The fourth-order valence-corrected chi connectivity index (χ4v) is 5.81. The standard InChI is InChI=1S/C24H24Cl2F4N2O.ClH/c25-17-12-11-16(24(28,29)30)21(26)20(17)23(33)31-22(15-8-1-2-9-18(15)27)19-10-5-7-14-6-3-4-13-32(14)19;/h1-2,8-9,11-12,14,19,22H,3-7,10,13H2,(H,31,33);1H. The Morgan fingerprint density at radius 1 is 1.03 bits per heavy atom. The highest BCUT2D eigenvalue weighted by Gasteiger charge is 2.40. The van der Waals surface area contributed by atoms with Gasteiger partial charge in [-0.05, 0) is 50.4 Å². The first-order chi connectivity index (χ1) is 15.7. The number of benzene rings is 2. The number of hydrogen-bond donors (Lipinski definition) is 1. The molecule has 2 aromatic carbocycles. The van der Waals surface area contributed by atoms with E-state index in [4.69, 9.17) is 23.2 Å². The van der Waals surface area contributed by atoms with Gasteiger partial charge in [0.25, 0.3) is 5.91 Å². The third-order valence-electron chi connectivity index (χ3n) is 6.67. The zero-order chi connectivity index (χ0) is 23.8. The summed E-state index contributed by atoms with van der Waals surface area (Å²) in [6.07, 6.45) is 1.14. The number of carbonyl (C=O) groups is 1. The summed E-state index contributed by atoms with van der Waals surface area (Å²) >= 11 is 12.1. The van der Waals surface area contributed by atoms with Crippen molar-refractivity contribution in [1.82, 2.24) is 10.2 Å². The maximum absolute atomic E-state index is 14.9. The summed E-state index contributed by atoms with van der Waals surface area (Å²) in [5.74, 6) is -1.34. The van der Waals surface area contributed by atoms with Gasteiger partial charge in [0.1, 0.15) is 5.82 Å². The van der Waals surface area contributed by atoms with Crippen LogP contribution in [0.5, 0.6) is 0 Å². The van der Waals surface area contributed by atoms with Gasteiger partial charge < -0.3 is 5.32 Å². The second kappa shape index (κ2) is 11.0. The predicted octanol–water partition coefficient (Wildman–Crippen LogP) is 7.45. The van der Waals surface area contributed by atoms with Crippen LogP contribution in [0.2, 0.25) is 10.0 Å². The highest BCUT2D eigenvalue weighted by molar-refractivity contribution is 6.40. The van der Waals surface area contributed by atoms with Crippen molar-refractivity contribution < 1.29 is 22.4 Å². The van der Waals surface area contributed by atoms with Crippen LogP contribution in [0.1, 0.15) is 66.1 Å². The first-order valence-electron chi connectivity index (χ1n) is 11.0. The van der Waals surface area contributed by atoms with Crippen molar-refractivity contribution >= 4 is 41.5 Å². The van der Waals surface area contributed by atoms with E-state index in [1.807, 2.05) is 0 Å². The zero-order valence-corrected chi connectivity index (χ0v) is 20.5. The molecule has 2 aliphatic rings. The van der Waals surface area contributed by atoms with Crippen LogP contribution in [0, 0.1) is 5.82 Å². The number of rotatable bonds is 4. The lowest BCUT2D eigenvalue weighted by molar-refractivity contribution is -0.137. The maximum atomic E-state index is 14.9. The van der Waals surface area contributed by atoms with E-state index in [0.717, 1.165) is 57.2 Å². The molecule has 34 heavy (non-hydrogen) atoms. The van der Waals surface area contributed by atoms with Crippen LogP contribution >= 0.6 is 35.6 Å². The van der Waals surface area contributed by atoms with Gasteiger partial charge in [-0.2, -0.15) is 13.2 Å². The quantitative estimate of drug-likeness (QED) is 0.409. The smallest absolute Gasteiger partial charge is 0.343 e. The zero-order valence-electron chi connectivity index (χ0n) is 18.2. The first-order valence-corrected chi connectivity index (χ1v) is 11.8. The van der Waals surface area contributed by atoms with E-state index < -0.39 is 40.1 Å². The Bertz CT molecular complexity index is 1030. The van der Waals surface area contributed by atoms with Crippen molar-refractivity contribution in [2.75, 3.05) is 6.54 Å². The third-order valence-corrected chi connectivity index (χ3v) is 7.38. The fraction of sp³-hybridized carbons (Fsp3) is 0.458. The molecule has 2 aromatic rings. The average Bonchev–Trinajstić information content (AvgIpc) is 2.77. The van der Waals surface area contributed by atoms with Crippen molar-refractivity contribution in [2.45, 2.75) is 62.8 Å². The normalized spacial score (nSPS) is 21.8. The first kappa shape index (κ1) is 27.1. The molecule has 186 valence electrons. The van der Waals surface area contributed by atoms with Crippen LogP contribution in [0.3, 0.4) is 0 Å².